The molecule has 4 rings (SSSR count). The maximum Gasteiger partial charge on any atom is 0.304 e. The Bertz CT molecular complexity index is 1220. The lowest BCUT2D eigenvalue weighted by Crippen LogP contribution is -2.12. The molecule has 2 aromatic heterocycles. The van der Waals surface area contributed by atoms with E-state index in [2.05, 4.69) is 19.9 Å². The van der Waals surface area contributed by atoms with Gasteiger partial charge in [-0.25, -0.2) is 19.3 Å². The third kappa shape index (κ3) is 6.44. The molecule has 0 aliphatic heterocycles. The molecule has 190 valence electrons. The highest BCUT2D eigenvalue weighted by atomic mass is 19.1. The molecule has 1 aromatic carbocycles. The maximum atomic E-state index is 14.6. The third-order valence-electron chi connectivity index (χ3n) is 5.80. The van der Waals surface area contributed by atoms with Crippen molar-refractivity contribution in [2.24, 2.45) is 11.8 Å². The molecule has 0 radical (unpaired) electrons. The summed E-state index contributed by atoms with van der Waals surface area (Å²) in [5.74, 6) is 0.434. The number of benzene rings is 1. The van der Waals surface area contributed by atoms with Crippen LogP contribution in [0.1, 0.15) is 50.5 Å². The molecule has 3 aromatic rings. The van der Waals surface area contributed by atoms with Gasteiger partial charge in [0.25, 0.3) is 0 Å². The normalized spacial score (nSPS) is 13.9. The van der Waals surface area contributed by atoms with Crippen LogP contribution in [0.2, 0.25) is 0 Å². The Hall–Kier alpha value is -3.82. The molecule has 1 aliphatic carbocycles. The van der Waals surface area contributed by atoms with Gasteiger partial charge in [-0.05, 0) is 42.9 Å². The summed E-state index contributed by atoms with van der Waals surface area (Å²) < 4.78 is 31.6. The molecule has 1 aliphatic rings. The van der Waals surface area contributed by atoms with Crippen molar-refractivity contribution < 1.29 is 28.5 Å². The zero-order valence-corrected chi connectivity index (χ0v) is 20.5. The van der Waals surface area contributed by atoms with E-state index < -0.39 is 11.8 Å². The van der Waals surface area contributed by atoms with E-state index in [1.165, 1.54) is 31.8 Å². The van der Waals surface area contributed by atoms with Crippen molar-refractivity contribution in [3.8, 4) is 28.6 Å². The summed E-state index contributed by atoms with van der Waals surface area (Å²) in [4.78, 5) is 28.5. The third-order valence-corrected chi connectivity index (χ3v) is 5.80. The number of methoxy groups -OCH3 is 1. The Balaban J connectivity index is 1.55. The van der Waals surface area contributed by atoms with E-state index in [-0.39, 0.29) is 36.3 Å². The van der Waals surface area contributed by atoms with Gasteiger partial charge < -0.3 is 19.3 Å². The number of hydrogen-bond donors (Lipinski definition) is 1. The highest BCUT2D eigenvalue weighted by Gasteiger charge is 2.35. The summed E-state index contributed by atoms with van der Waals surface area (Å²) in [7, 11) is 1.51. The summed E-state index contributed by atoms with van der Waals surface area (Å²) in [6.07, 6.45) is 4.87. The minimum Gasteiger partial charge on any atom is -0.497 e. The zero-order chi connectivity index (χ0) is 25.7. The van der Waals surface area contributed by atoms with Gasteiger partial charge in [0.05, 0.1) is 31.4 Å². The summed E-state index contributed by atoms with van der Waals surface area (Å²) >= 11 is 0. The fourth-order valence-electron chi connectivity index (χ4n) is 3.82. The second-order valence-corrected chi connectivity index (χ2v) is 9.17. The van der Waals surface area contributed by atoms with Crippen molar-refractivity contribution in [1.82, 2.24) is 19.9 Å². The van der Waals surface area contributed by atoms with E-state index in [4.69, 9.17) is 14.2 Å². The van der Waals surface area contributed by atoms with Crippen LogP contribution < -0.4 is 14.2 Å². The van der Waals surface area contributed by atoms with Crippen molar-refractivity contribution in [2.75, 3.05) is 13.7 Å². The van der Waals surface area contributed by atoms with Gasteiger partial charge >= 0.3 is 5.97 Å². The lowest BCUT2D eigenvalue weighted by atomic mass is 9.95. The minimum atomic E-state index is -0.858. The van der Waals surface area contributed by atoms with Crippen molar-refractivity contribution in [3.63, 3.8) is 0 Å². The average Bonchev–Trinajstić information content (AvgIpc) is 3.71. The predicted molar refractivity (Wildman–Crippen MR) is 128 cm³/mol. The highest BCUT2D eigenvalue weighted by Crippen LogP contribution is 2.44. The number of hydrogen-bond acceptors (Lipinski definition) is 8. The Morgan fingerprint density at radius 2 is 1.94 bits per heavy atom. The molecule has 0 spiro atoms. The molecule has 0 saturated heterocycles. The van der Waals surface area contributed by atoms with Crippen LogP contribution in [-0.4, -0.2) is 44.7 Å². The van der Waals surface area contributed by atoms with Crippen LogP contribution in [0.3, 0.4) is 0 Å². The number of carboxylic acid groups (broad SMARTS) is 1. The second-order valence-electron chi connectivity index (χ2n) is 9.17. The fraction of sp³-hybridized carbons (Fsp3) is 0.423. The van der Waals surface area contributed by atoms with E-state index in [9.17, 15) is 14.3 Å². The Labute approximate surface area is 208 Å². The van der Waals surface area contributed by atoms with Crippen LogP contribution in [0, 0.1) is 17.7 Å². The molecular formula is C26H29FN4O5. The first kappa shape index (κ1) is 25.3. The first-order chi connectivity index (χ1) is 17.3. The summed E-state index contributed by atoms with van der Waals surface area (Å²) in [5, 5.41) is 9.26. The van der Waals surface area contributed by atoms with E-state index in [1.54, 1.807) is 12.1 Å². The SMILES string of the molecule is COc1ccc(F)c(-c2cnc(COc3cc(C(CC(=O)O)C4CC4)ncn3)nc2OCC(C)C)c1. The number of aromatic nitrogens is 4. The molecule has 1 saturated carbocycles. The van der Waals surface area contributed by atoms with E-state index >= 15 is 0 Å². The first-order valence-corrected chi connectivity index (χ1v) is 11.8. The Kier molecular flexibility index (Phi) is 7.92. The van der Waals surface area contributed by atoms with Gasteiger partial charge in [-0.2, -0.15) is 4.98 Å². The number of nitrogens with zero attached hydrogens (tertiary/aromatic N) is 4. The quantitative estimate of drug-likeness (QED) is 0.382. The van der Waals surface area contributed by atoms with Gasteiger partial charge in [0.1, 0.15) is 24.5 Å². The molecule has 2 heterocycles. The van der Waals surface area contributed by atoms with Crippen LogP contribution in [0.25, 0.3) is 11.1 Å². The van der Waals surface area contributed by atoms with Gasteiger partial charge in [-0.3, -0.25) is 4.79 Å². The molecule has 1 unspecified atom stereocenters. The number of carboxylic acids is 1. The van der Waals surface area contributed by atoms with Gasteiger partial charge in [-0.1, -0.05) is 13.8 Å². The van der Waals surface area contributed by atoms with Crippen LogP contribution in [0.15, 0.2) is 36.8 Å². The number of halogens is 1. The largest absolute Gasteiger partial charge is 0.497 e. The smallest absolute Gasteiger partial charge is 0.304 e. The van der Waals surface area contributed by atoms with Crippen molar-refractivity contribution in [3.05, 3.63) is 54.1 Å². The molecule has 1 atom stereocenters. The van der Waals surface area contributed by atoms with E-state index in [0.29, 0.717) is 41.2 Å². The minimum absolute atomic E-state index is 0.0115. The topological polar surface area (TPSA) is 117 Å². The molecule has 1 fully saturated rings. The summed E-state index contributed by atoms with van der Waals surface area (Å²) in [6, 6.07) is 6.10. The lowest BCUT2D eigenvalue weighted by Gasteiger charge is -2.15. The van der Waals surface area contributed by atoms with Crippen molar-refractivity contribution in [1.29, 1.82) is 0 Å². The molecule has 1 N–H and O–H groups in total. The number of aliphatic carboxylic acids is 1. The molecule has 36 heavy (non-hydrogen) atoms. The van der Waals surface area contributed by atoms with E-state index in [0.717, 1.165) is 12.8 Å². The van der Waals surface area contributed by atoms with Crippen LogP contribution in [0.5, 0.6) is 17.5 Å². The van der Waals surface area contributed by atoms with Crippen LogP contribution in [0.4, 0.5) is 4.39 Å². The Morgan fingerprint density at radius 3 is 2.64 bits per heavy atom. The molecular weight excluding hydrogens is 467 g/mol. The molecule has 0 bridgehead atoms. The van der Waals surface area contributed by atoms with Gasteiger partial charge in [0.2, 0.25) is 11.8 Å². The fourth-order valence-corrected chi connectivity index (χ4v) is 3.82. The lowest BCUT2D eigenvalue weighted by molar-refractivity contribution is -0.137. The molecule has 10 heteroatoms. The number of ether oxygens (including phenoxy) is 3. The standard InChI is InChI=1S/C26H29FN4O5/c1-15(2)12-36-26-20(19-8-17(34-3)6-7-21(19)27)11-28-23(31-26)13-35-24-10-22(29-14-30-24)18(9-25(32)33)16-4-5-16/h6-8,10-11,14-16,18H,4-5,9,12-13H2,1-3H3,(H,32,33). The first-order valence-electron chi connectivity index (χ1n) is 11.8. The Morgan fingerprint density at radius 1 is 1.14 bits per heavy atom. The average molecular weight is 497 g/mol. The van der Waals surface area contributed by atoms with Crippen molar-refractivity contribution >= 4 is 5.97 Å². The maximum absolute atomic E-state index is 14.6. The summed E-state index contributed by atoms with van der Waals surface area (Å²) in [5.41, 5.74) is 1.32. The van der Waals surface area contributed by atoms with Gasteiger partial charge in [0, 0.05) is 23.7 Å². The van der Waals surface area contributed by atoms with Crippen LogP contribution in [-0.2, 0) is 11.4 Å². The number of carbonyl (C=O) groups is 1. The van der Waals surface area contributed by atoms with Gasteiger partial charge in [-0.15, -0.1) is 0 Å². The highest BCUT2D eigenvalue weighted by molar-refractivity contribution is 5.70. The monoisotopic (exact) mass is 496 g/mol. The van der Waals surface area contributed by atoms with Crippen molar-refractivity contribution in [2.45, 2.75) is 45.6 Å². The summed E-state index contributed by atoms with van der Waals surface area (Å²) in [6.45, 7) is 4.38. The van der Waals surface area contributed by atoms with E-state index in [1.807, 2.05) is 13.8 Å². The predicted octanol–water partition coefficient (Wildman–Crippen LogP) is 4.66. The number of rotatable bonds is 12. The molecule has 0 amide bonds. The van der Waals surface area contributed by atoms with Gasteiger partial charge in [0.15, 0.2) is 5.82 Å². The second kappa shape index (κ2) is 11.3. The molecule has 9 nitrogen and oxygen atoms in total. The van der Waals surface area contributed by atoms with Crippen LogP contribution >= 0.6 is 0 Å². The zero-order valence-electron chi connectivity index (χ0n) is 20.5.